The number of alkyl halides is 3. The van der Waals surface area contributed by atoms with Crippen LogP contribution in [0.4, 0.5) is 13.2 Å². The van der Waals surface area contributed by atoms with Crippen molar-refractivity contribution >= 4 is 16.9 Å². The molecule has 1 aliphatic heterocycles. The Morgan fingerprint density at radius 3 is 2.45 bits per heavy atom. The van der Waals surface area contributed by atoms with Crippen LogP contribution in [0.15, 0.2) is 46.9 Å². The molecule has 5 rings (SSSR count). The topological polar surface area (TPSA) is 63.5 Å². The van der Waals surface area contributed by atoms with Crippen molar-refractivity contribution in [3.05, 3.63) is 64.9 Å². The van der Waals surface area contributed by atoms with Gasteiger partial charge in [0, 0.05) is 23.1 Å². The van der Waals surface area contributed by atoms with Crippen LogP contribution in [0, 0.1) is 6.92 Å². The van der Waals surface area contributed by atoms with Crippen molar-refractivity contribution in [3.8, 4) is 5.75 Å². The average Bonchev–Trinajstić information content (AvgIpc) is 3.22. The normalized spacial score (nSPS) is 21.6. The van der Waals surface area contributed by atoms with Crippen molar-refractivity contribution in [2.24, 2.45) is 0 Å². The van der Waals surface area contributed by atoms with E-state index in [2.05, 4.69) is 10.6 Å². The van der Waals surface area contributed by atoms with Crippen LogP contribution >= 0.6 is 0 Å². The molecule has 2 N–H and O–H groups in total. The van der Waals surface area contributed by atoms with Crippen LogP contribution in [0.25, 0.3) is 11.0 Å². The van der Waals surface area contributed by atoms with Gasteiger partial charge in [-0.2, -0.15) is 13.2 Å². The third-order valence-electron chi connectivity index (χ3n) is 7.97. The molecule has 5 nitrogen and oxygen atoms in total. The van der Waals surface area contributed by atoms with E-state index in [1.165, 1.54) is 12.1 Å². The number of rotatable bonds is 5. The Kier molecular flexibility index (Phi) is 7.98. The molecule has 2 heterocycles. The lowest BCUT2D eigenvalue weighted by atomic mass is 9.85. The largest absolute Gasteiger partial charge is 0.490 e. The molecule has 3 aromatic rings. The van der Waals surface area contributed by atoms with Gasteiger partial charge in [0.05, 0.1) is 11.7 Å². The van der Waals surface area contributed by atoms with E-state index in [0.717, 1.165) is 81.0 Å². The summed E-state index contributed by atoms with van der Waals surface area (Å²) in [6.07, 6.45) is 3.12. The van der Waals surface area contributed by atoms with Gasteiger partial charge in [0.1, 0.15) is 11.3 Å². The maximum absolute atomic E-state index is 12.9. The van der Waals surface area contributed by atoms with E-state index in [1.807, 2.05) is 25.1 Å². The molecule has 2 atom stereocenters. The van der Waals surface area contributed by atoms with Crippen molar-refractivity contribution < 1.29 is 27.1 Å². The zero-order valence-electron chi connectivity index (χ0n) is 21.7. The molecule has 1 saturated heterocycles. The van der Waals surface area contributed by atoms with Gasteiger partial charge < -0.3 is 19.8 Å². The molecule has 204 valence electrons. The van der Waals surface area contributed by atoms with E-state index in [4.69, 9.17) is 9.15 Å². The second kappa shape index (κ2) is 11.4. The molecule has 0 bridgehead atoms. The van der Waals surface area contributed by atoms with Gasteiger partial charge in [-0.3, -0.25) is 4.79 Å². The van der Waals surface area contributed by atoms with E-state index in [-0.39, 0.29) is 24.0 Å². The first-order valence-corrected chi connectivity index (χ1v) is 13.7. The minimum atomic E-state index is -4.32. The minimum absolute atomic E-state index is 0.0171. The SMILES string of the molecule is Cc1c(C(=O)NC2CCNCC2)oc2cc(OC3CCCCC(c4ccc(C(F)(F)F)cc4)CC3)ccc12. The van der Waals surface area contributed by atoms with Gasteiger partial charge in [-0.25, -0.2) is 0 Å². The van der Waals surface area contributed by atoms with Gasteiger partial charge in [-0.15, -0.1) is 0 Å². The van der Waals surface area contributed by atoms with E-state index in [0.29, 0.717) is 17.1 Å². The van der Waals surface area contributed by atoms with E-state index in [1.54, 1.807) is 12.1 Å². The van der Waals surface area contributed by atoms with Gasteiger partial charge >= 0.3 is 6.18 Å². The predicted molar refractivity (Wildman–Crippen MR) is 141 cm³/mol. The Bertz CT molecular complexity index is 1250. The third-order valence-corrected chi connectivity index (χ3v) is 7.97. The summed E-state index contributed by atoms with van der Waals surface area (Å²) in [4.78, 5) is 12.9. The number of hydrogen-bond donors (Lipinski definition) is 2. The highest BCUT2D eigenvalue weighted by atomic mass is 19.4. The lowest BCUT2D eigenvalue weighted by Gasteiger charge is -2.26. The van der Waals surface area contributed by atoms with Crippen LogP contribution in [-0.2, 0) is 6.18 Å². The first-order chi connectivity index (χ1) is 18.3. The molecule has 38 heavy (non-hydrogen) atoms. The maximum atomic E-state index is 12.9. The molecule has 0 radical (unpaired) electrons. The number of carbonyl (C=O) groups is 1. The Balaban J connectivity index is 1.24. The van der Waals surface area contributed by atoms with E-state index >= 15 is 0 Å². The Morgan fingerprint density at radius 1 is 0.974 bits per heavy atom. The molecule has 2 unspecified atom stereocenters. The number of amides is 1. The smallest absolute Gasteiger partial charge is 0.416 e. The molecule has 8 heteroatoms. The number of nitrogens with one attached hydrogen (secondary N) is 2. The van der Waals surface area contributed by atoms with Crippen LogP contribution < -0.4 is 15.4 Å². The highest BCUT2D eigenvalue weighted by molar-refractivity contribution is 5.99. The number of halogens is 3. The molecule has 2 aliphatic rings. The molecule has 1 amide bonds. The summed E-state index contributed by atoms with van der Waals surface area (Å²) in [6.45, 7) is 3.70. The molecule has 2 fully saturated rings. The first-order valence-electron chi connectivity index (χ1n) is 13.7. The van der Waals surface area contributed by atoms with Gasteiger partial charge in [0.15, 0.2) is 5.76 Å². The Morgan fingerprint density at radius 2 is 1.71 bits per heavy atom. The van der Waals surface area contributed by atoms with Gasteiger partial charge in [0.2, 0.25) is 0 Å². The lowest BCUT2D eigenvalue weighted by Crippen LogP contribution is -2.42. The number of ether oxygens (including phenoxy) is 1. The van der Waals surface area contributed by atoms with Crippen molar-refractivity contribution in [1.82, 2.24) is 10.6 Å². The maximum Gasteiger partial charge on any atom is 0.416 e. The molecular formula is C30H35F3N2O3. The van der Waals surface area contributed by atoms with Crippen molar-refractivity contribution in [3.63, 3.8) is 0 Å². The van der Waals surface area contributed by atoms with Gasteiger partial charge in [-0.05, 0) is 101 Å². The molecule has 0 spiro atoms. The Labute approximate surface area is 221 Å². The summed E-state index contributed by atoms with van der Waals surface area (Å²) < 4.78 is 51.2. The van der Waals surface area contributed by atoms with Crippen LogP contribution in [0.1, 0.15) is 84.5 Å². The summed E-state index contributed by atoms with van der Waals surface area (Å²) in [5.74, 6) is 1.09. The molecule has 1 aliphatic carbocycles. The summed E-state index contributed by atoms with van der Waals surface area (Å²) in [6, 6.07) is 11.5. The summed E-state index contributed by atoms with van der Waals surface area (Å²) in [5.41, 5.74) is 1.80. The van der Waals surface area contributed by atoms with Crippen molar-refractivity contribution in [2.75, 3.05) is 13.1 Å². The Hall–Kier alpha value is -3.00. The number of fused-ring (bicyclic) bond motifs is 1. The molecule has 1 saturated carbocycles. The van der Waals surface area contributed by atoms with E-state index < -0.39 is 11.7 Å². The van der Waals surface area contributed by atoms with Crippen LogP contribution in [0.5, 0.6) is 5.75 Å². The molecule has 2 aromatic carbocycles. The molecular weight excluding hydrogens is 493 g/mol. The monoisotopic (exact) mass is 528 g/mol. The highest BCUT2D eigenvalue weighted by Gasteiger charge is 2.30. The van der Waals surface area contributed by atoms with Gasteiger partial charge in [0.25, 0.3) is 5.91 Å². The predicted octanol–water partition coefficient (Wildman–Crippen LogP) is 7.13. The fourth-order valence-electron chi connectivity index (χ4n) is 5.74. The number of hydrogen-bond acceptors (Lipinski definition) is 4. The van der Waals surface area contributed by atoms with Crippen LogP contribution in [-0.4, -0.2) is 31.1 Å². The lowest BCUT2D eigenvalue weighted by molar-refractivity contribution is -0.137. The number of piperidine rings is 1. The summed E-state index contributed by atoms with van der Waals surface area (Å²) in [5, 5.41) is 7.29. The van der Waals surface area contributed by atoms with Gasteiger partial charge in [-0.1, -0.05) is 18.6 Å². The quantitative estimate of drug-likeness (QED) is 0.370. The minimum Gasteiger partial charge on any atom is -0.490 e. The standard InChI is InChI=1S/C30H35F3N2O3/c1-19-26-13-12-25(18-27(26)38-28(19)29(36)35-23-14-16-34-17-15-23)37-24-5-3-2-4-20(8-11-24)21-6-9-22(10-7-21)30(31,32)33/h6-7,9-10,12-13,18,20,23-24,34H,2-5,8,11,14-17H2,1H3,(H,35,36). The first kappa shape index (κ1) is 26.6. The fraction of sp³-hybridized carbons (Fsp3) is 0.500. The fourth-order valence-corrected chi connectivity index (χ4v) is 5.74. The van der Waals surface area contributed by atoms with Crippen LogP contribution in [0.3, 0.4) is 0 Å². The van der Waals surface area contributed by atoms with Crippen molar-refractivity contribution in [1.29, 1.82) is 0 Å². The van der Waals surface area contributed by atoms with Crippen LogP contribution in [0.2, 0.25) is 0 Å². The highest BCUT2D eigenvalue weighted by Crippen LogP contribution is 2.36. The summed E-state index contributed by atoms with van der Waals surface area (Å²) >= 11 is 0. The number of benzene rings is 2. The second-order valence-electron chi connectivity index (χ2n) is 10.6. The summed E-state index contributed by atoms with van der Waals surface area (Å²) in [7, 11) is 0. The average molecular weight is 529 g/mol. The third kappa shape index (κ3) is 6.17. The molecule has 1 aromatic heterocycles. The number of aryl methyl sites for hydroxylation is 1. The van der Waals surface area contributed by atoms with Crippen molar-refractivity contribution in [2.45, 2.75) is 82.5 Å². The second-order valence-corrected chi connectivity index (χ2v) is 10.6. The zero-order valence-corrected chi connectivity index (χ0v) is 21.7. The number of carbonyl (C=O) groups excluding carboxylic acids is 1. The number of furan rings is 1. The zero-order chi connectivity index (χ0) is 26.7. The van der Waals surface area contributed by atoms with E-state index in [9.17, 15) is 18.0 Å².